The number of carbonyl (C=O) groups is 1. The summed E-state index contributed by atoms with van der Waals surface area (Å²) in [6, 6.07) is 12.6. The van der Waals surface area contributed by atoms with Gasteiger partial charge in [0.2, 0.25) is 0 Å². The Labute approximate surface area is 179 Å². The number of pyridine rings is 1. The van der Waals surface area contributed by atoms with Crippen LogP contribution in [0.2, 0.25) is 0 Å². The monoisotopic (exact) mass is 448 g/mol. The Balaban J connectivity index is 2.02. The van der Waals surface area contributed by atoms with Crippen molar-refractivity contribution in [3.8, 4) is 16.6 Å². The fourth-order valence-electron chi connectivity index (χ4n) is 2.71. The Morgan fingerprint density at radius 2 is 2.03 bits per heavy atom. The number of hydrogen-bond acceptors (Lipinski definition) is 6. The average Bonchev–Trinajstić information content (AvgIpc) is 3.26. The van der Waals surface area contributed by atoms with Crippen LogP contribution in [-0.4, -0.2) is 17.6 Å². The summed E-state index contributed by atoms with van der Waals surface area (Å²) < 4.78 is 45.9. The minimum atomic E-state index is -4.70. The predicted octanol–water partition coefficient (Wildman–Crippen LogP) is 6.17. The minimum absolute atomic E-state index is 0.0330. The Bertz CT molecular complexity index is 1090. The first kappa shape index (κ1) is 21.9. The standard InChI is InChI=1S/C21H15F3N2O2S2/c1-2-28-20(27)14-7-4-3-6-13(14)12-30-19-15(11-25)16(21(22,23)24)10-17(26-19)18-8-5-9-29-18/h3-10H,2,12H2,1H3. The van der Waals surface area contributed by atoms with Crippen molar-refractivity contribution in [3.05, 3.63) is 70.1 Å². The molecule has 4 nitrogen and oxygen atoms in total. The van der Waals surface area contributed by atoms with Gasteiger partial charge in [0.15, 0.2) is 0 Å². The highest BCUT2D eigenvalue weighted by molar-refractivity contribution is 7.98. The second kappa shape index (κ2) is 9.32. The lowest BCUT2D eigenvalue weighted by Gasteiger charge is -2.14. The lowest BCUT2D eigenvalue weighted by atomic mass is 10.1. The number of alkyl halides is 3. The van der Waals surface area contributed by atoms with Crippen molar-refractivity contribution in [1.29, 1.82) is 5.26 Å². The van der Waals surface area contributed by atoms with E-state index < -0.39 is 23.3 Å². The molecule has 0 spiro atoms. The van der Waals surface area contributed by atoms with Crippen molar-refractivity contribution < 1.29 is 22.7 Å². The van der Waals surface area contributed by atoms with Gasteiger partial charge in [0, 0.05) is 5.75 Å². The van der Waals surface area contributed by atoms with Crippen LogP contribution in [0.4, 0.5) is 13.2 Å². The molecule has 3 rings (SSSR count). The van der Waals surface area contributed by atoms with Crippen LogP contribution >= 0.6 is 23.1 Å². The summed E-state index contributed by atoms with van der Waals surface area (Å²) in [5.41, 5.74) is -0.485. The highest BCUT2D eigenvalue weighted by Gasteiger charge is 2.36. The number of benzene rings is 1. The Morgan fingerprint density at radius 3 is 2.67 bits per heavy atom. The van der Waals surface area contributed by atoms with Gasteiger partial charge in [-0.2, -0.15) is 18.4 Å². The van der Waals surface area contributed by atoms with Gasteiger partial charge in [-0.05, 0) is 36.1 Å². The zero-order valence-corrected chi connectivity index (χ0v) is 17.3. The molecule has 0 aliphatic rings. The number of esters is 1. The Hall–Kier alpha value is -2.83. The maximum atomic E-state index is 13.6. The molecule has 0 atom stereocenters. The van der Waals surface area contributed by atoms with E-state index in [0.717, 1.165) is 17.8 Å². The number of carbonyl (C=O) groups excluding carboxylic acids is 1. The van der Waals surface area contributed by atoms with Gasteiger partial charge in [-0.1, -0.05) is 24.3 Å². The number of rotatable bonds is 6. The summed E-state index contributed by atoms with van der Waals surface area (Å²) in [5, 5.41) is 11.1. The summed E-state index contributed by atoms with van der Waals surface area (Å²) >= 11 is 2.24. The lowest BCUT2D eigenvalue weighted by molar-refractivity contribution is -0.138. The van der Waals surface area contributed by atoms with Crippen LogP contribution < -0.4 is 0 Å². The Kier molecular flexibility index (Phi) is 6.80. The maximum Gasteiger partial charge on any atom is 0.417 e. The molecule has 154 valence electrons. The van der Waals surface area contributed by atoms with E-state index >= 15 is 0 Å². The van der Waals surface area contributed by atoms with Crippen LogP contribution in [0.1, 0.15) is 34.0 Å². The minimum Gasteiger partial charge on any atom is -0.462 e. The molecule has 1 aromatic carbocycles. The first-order valence-corrected chi connectivity index (χ1v) is 10.7. The van der Waals surface area contributed by atoms with Crippen molar-refractivity contribution in [2.75, 3.05) is 6.61 Å². The number of thiophene rings is 1. The van der Waals surface area contributed by atoms with Crippen LogP contribution in [-0.2, 0) is 16.7 Å². The van der Waals surface area contributed by atoms with Gasteiger partial charge in [-0.25, -0.2) is 9.78 Å². The molecule has 0 aliphatic carbocycles. The van der Waals surface area contributed by atoms with E-state index in [1.165, 1.54) is 11.3 Å². The van der Waals surface area contributed by atoms with Crippen LogP contribution in [0.25, 0.3) is 10.6 Å². The van der Waals surface area contributed by atoms with E-state index in [4.69, 9.17) is 4.74 Å². The molecule has 0 saturated carbocycles. The van der Waals surface area contributed by atoms with Crippen LogP contribution in [0, 0.1) is 11.3 Å². The van der Waals surface area contributed by atoms with Crippen LogP contribution in [0.3, 0.4) is 0 Å². The zero-order valence-electron chi connectivity index (χ0n) is 15.7. The first-order chi connectivity index (χ1) is 14.3. The van der Waals surface area contributed by atoms with Gasteiger partial charge < -0.3 is 4.74 Å². The number of nitrogens with zero attached hydrogens (tertiary/aromatic N) is 2. The molecule has 0 amide bonds. The average molecular weight is 448 g/mol. The summed E-state index contributed by atoms with van der Waals surface area (Å²) in [6.07, 6.45) is -4.70. The molecule has 2 heterocycles. The molecule has 0 bridgehead atoms. The molecular formula is C21H15F3N2O2S2. The third-order valence-corrected chi connectivity index (χ3v) is 5.97. The van der Waals surface area contributed by atoms with Crippen LogP contribution in [0.5, 0.6) is 0 Å². The van der Waals surface area contributed by atoms with E-state index in [0.29, 0.717) is 16.0 Å². The third kappa shape index (κ3) is 4.83. The number of thioether (sulfide) groups is 1. The second-order valence-electron chi connectivity index (χ2n) is 5.99. The largest absolute Gasteiger partial charge is 0.462 e. The zero-order chi connectivity index (χ0) is 21.7. The number of halogens is 3. The van der Waals surface area contributed by atoms with E-state index in [-0.39, 0.29) is 23.1 Å². The van der Waals surface area contributed by atoms with Crippen LogP contribution in [0.15, 0.2) is 52.9 Å². The number of aromatic nitrogens is 1. The molecular weight excluding hydrogens is 433 g/mol. The quantitative estimate of drug-likeness (QED) is 0.333. The van der Waals surface area contributed by atoms with E-state index in [1.54, 1.807) is 54.8 Å². The second-order valence-corrected chi connectivity index (χ2v) is 7.90. The fourth-order valence-corrected chi connectivity index (χ4v) is 4.40. The first-order valence-electron chi connectivity index (χ1n) is 8.79. The fraction of sp³-hybridized carbons (Fsp3) is 0.190. The van der Waals surface area contributed by atoms with Gasteiger partial charge in [-0.15, -0.1) is 23.1 Å². The summed E-state index contributed by atoms with van der Waals surface area (Å²) in [5.74, 6) is -0.354. The molecule has 3 aromatic rings. The smallest absolute Gasteiger partial charge is 0.417 e. The number of hydrogen-bond donors (Lipinski definition) is 0. The maximum absolute atomic E-state index is 13.6. The van der Waals surface area contributed by atoms with Gasteiger partial charge in [0.25, 0.3) is 0 Å². The molecule has 2 aromatic heterocycles. The van der Waals surface area contributed by atoms with Gasteiger partial charge in [-0.3, -0.25) is 0 Å². The van der Waals surface area contributed by atoms with Crippen molar-refractivity contribution in [3.63, 3.8) is 0 Å². The van der Waals surface area contributed by atoms with Gasteiger partial charge in [0.1, 0.15) is 11.1 Å². The summed E-state index contributed by atoms with van der Waals surface area (Å²) in [6.45, 7) is 1.89. The highest BCUT2D eigenvalue weighted by Crippen LogP contribution is 2.39. The molecule has 0 unspecified atom stereocenters. The molecule has 9 heteroatoms. The van der Waals surface area contributed by atoms with Crippen molar-refractivity contribution in [2.45, 2.75) is 23.9 Å². The van der Waals surface area contributed by atoms with Gasteiger partial charge >= 0.3 is 12.1 Å². The third-order valence-electron chi connectivity index (χ3n) is 4.05. The summed E-state index contributed by atoms with van der Waals surface area (Å²) in [7, 11) is 0. The molecule has 0 radical (unpaired) electrons. The molecule has 0 aliphatic heterocycles. The molecule has 0 saturated heterocycles. The SMILES string of the molecule is CCOC(=O)c1ccccc1CSc1nc(-c2cccs2)cc(C(F)(F)F)c1C#N. The predicted molar refractivity (Wildman–Crippen MR) is 109 cm³/mol. The topological polar surface area (TPSA) is 63.0 Å². The number of nitriles is 1. The normalized spacial score (nSPS) is 11.2. The van der Waals surface area contributed by atoms with Gasteiger partial charge in [0.05, 0.1) is 33.9 Å². The van der Waals surface area contributed by atoms with E-state index in [2.05, 4.69) is 4.98 Å². The number of ether oxygens (including phenoxy) is 1. The lowest BCUT2D eigenvalue weighted by Crippen LogP contribution is -2.11. The molecule has 0 N–H and O–H groups in total. The Morgan fingerprint density at radius 1 is 1.27 bits per heavy atom. The van der Waals surface area contributed by atoms with Crippen molar-refractivity contribution in [1.82, 2.24) is 4.98 Å². The molecule has 0 fully saturated rings. The summed E-state index contributed by atoms with van der Waals surface area (Å²) in [4.78, 5) is 17.0. The van der Waals surface area contributed by atoms with Crippen molar-refractivity contribution in [2.24, 2.45) is 0 Å². The van der Waals surface area contributed by atoms with E-state index in [1.807, 2.05) is 0 Å². The van der Waals surface area contributed by atoms with Crippen molar-refractivity contribution >= 4 is 29.1 Å². The highest BCUT2D eigenvalue weighted by atomic mass is 32.2. The molecule has 30 heavy (non-hydrogen) atoms. The van der Waals surface area contributed by atoms with E-state index in [9.17, 15) is 23.2 Å².